The second-order valence-corrected chi connectivity index (χ2v) is 6.77. The number of para-hydroxylation sites is 1. The summed E-state index contributed by atoms with van der Waals surface area (Å²) in [5.41, 5.74) is 3.57. The number of imide groups is 1. The van der Waals surface area contributed by atoms with Gasteiger partial charge in [-0.25, -0.2) is 0 Å². The Bertz CT molecular complexity index is 854. The van der Waals surface area contributed by atoms with Crippen molar-refractivity contribution in [3.63, 3.8) is 0 Å². The number of carbonyl (C=O) groups excluding carboxylic acids is 3. The van der Waals surface area contributed by atoms with Gasteiger partial charge in [0.15, 0.2) is 6.61 Å². The Hall–Kier alpha value is -3.15. The molecule has 1 atom stereocenters. The number of carbonyl (C=O) groups is 3. The molecule has 3 rings (SSSR count). The largest absolute Gasteiger partial charge is 0.483 e. The highest BCUT2D eigenvalue weighted by Crippen LogP contribution is 2.22. The topological polar surface area (TPSA) is 84.5 Å². The first kappa shape index (κ1) is 18.6. The molecule has 0 bridgehead atoms. The van der Waals surface area contributed by atoms with Crippen LogP contribution in [0.25, 0.3) is 0 Å². The van der Waals surface area contributed by atoms with Crippen LogP contribution >= 0.6 is 0 Å². The number of aryl methyl sites for hydroxylation is 2. The number of hydrogen-bond acceptors (Lipinski definition) is 4. The lowest BCUT2D eigenvalue weighted by Gasteiger charge is -2.12. The molecule has 1 fully saturated rings. The molecule has 2 aromatic carbocycles. The summed E-state index contributed by atoms with van der Waals surface area (Å²) in [4.78, 5) is 35.0. The summed E-state index contributed by atoms with van der Waals surface area (Å²) in [5.74, 6) is -0.277. The van der Waals surface area contributed by atoms with Gasteiger partial charge in [0.1, 0.15) is 5.75 Å². The van der Waals surface area contributed by atoms with E-state index >= 15 is 0 Å². The number of nitrogens with one attached hydrogen (secondary N) is 2. The normalized spacial score (nSPS) is 16.1. The van der Waals surface area contributed by atoms with Crippen LogP contribution in [0.5, 0.6) is 5.75 Å². The fraction of sp³-hybridized carbons (Fsp3) is 0.286. The van der Waals surface area contributed by atoms with Gasteiger partial charge < -0.3 is 10.1 Å². The minimum Gasteiger partial charge on any atom is -0.483 e. The second kappa shape index (κ2) is 8.03. The van der Waals surface area contributed by atoms with Crippen molar-refractivity contribution in [2.24, 2.45) is 5.92 Å². The molecule has 0 radical (unpaired) electrons. The third-order valence-electron chi connectivity index (χ3n) is 4.54. The molecule has 1 saturated heterocycles. The monoisotopic (exact) mass is 366 g/mol. The number of ether oxygens (including phenoxy) is 1. The zero-order valence-corrected chi connectivity index (χ0v) is 15.4. The second-order valence-electron chi connectivity index (χ2n) is 6.77. The summed E-state index contributed by atoms with van der Waals surface area (Å²) in [6.07, 6.45) is 0.731. The van der Waals surface area contributed by atoms with E-state index < -0.39 is 0 Å². The SMILES string of the molecule is Cc1cccc(C)c1OCC(=O)Nc1ccc(CC2CC(=O)NC2=O)cc1. The Kier molecular flexibility index (Phi) is 5.54. The van der Waals surface area contributed by atoms with E-state index in [0.29, 0.717) is 12.1 Å². The summed E-state index contributed by atoms with van der Waals surface area (Å²) >= 11 is 0. The van der Waals surface area contributed by atoms with Crippen LogP contribution in [0, 0.1) is 19.8 Å². The minimum absolute atomic E-state index is 0.0716. The predicted molar refractivity (Wildman–Crippen MR) is 101 cm³/mol. The van der Waals surface area contributed by atoms with E-state index in [1.807, 2.05) is 44.2 Å². The molecule has 1 aliphatic rings. The smallest absolute Gasteiger partial charge is 0.262 e. The lowest BCUT2D eigenvalue weighted by molar-refractivity contribution is -0.125. The van der Waals surface area contributed by atoms with E-state index in [4.69, 9.17) is 4.74 Å². The first-order valence-corrected chi connectivity index (χ1v) is 8.84. The van der Waals surface area contributed by atoms with Gasteiger partial charge in [0.2, 0.25) is 11.8 Å². The highest BCUT2D eigenvalue weighted by molar-refractivity contribution is 6.03. The van der Waals surface area contributed by atoms with Crippen molar-refractivity contribution in [1.29, 1.82) is 0 Å². The quantitative estimate of drug-likeness (QED) is 0.770. The molecule has 140 valence electrons. The molecule has 1 heterocycles. The number of amides is 3. The molecule has 0 spiro atoms. The predicted octanol–water partition coefficient (Wildman–Crippen LogP) is 2.53. The standard InChI is InChI=1S/C21H22N2O4/c1-13-4-3-5-14(2)20(13)27-12-19(25)22-17-8-6-15(7-9-17)10-16-11-18(24)23-21(16)26/h3-9,16H,10-12H2,1-2H3,(H,22,25)(H,23,24,26). The van der Waals surface area contributed by atoms with Gasteiger partial charge in [-0.2, -0.15) is 0 Å². The summed E-state index contributed by atoms with van der Waals surface area (Å²) in [7, 11) is 0. The Morgan fingerprint density at radius 2 is 1.78 bits per heavy atom. The molecule has 0 saturated carbocycles. The van der Waals surface area contributed by atoms with Crippen molar-refractivity contribution in [2.75, 3.05) is 11.9 Å². The molecule has 0 aliphatic carbocycles. The van der Waals surface area contributed by atoms with E-state index in [1.54, 1.807) is 12.1 Å². The van der Waals surface area contributed by atoms with Crippen molar-refractivity contribution in [3.05, 3.63) is 59.2 Å². The number of benzene rings is 2. The molecular weight excluding hydrogens is 344 g/mol. The number of rotatable bonds is 6. The van der Waals surface area contributed by atoms with Gasteiger partial charge in [-0.1, -0.05) is 30.3 Å². The summed E-state index contributed by atoms with van der Waals surface area (Å²) in [6.45, 7) is 3.81. The fourth-order valence-corrected chi connectivity index (χ4v) is 3.14. The van der Waals surface area contributed by atoms with Crippen molar-refractivity contribution < 1.29 is 19.1 Å². The molecule has 6 heteroatoms. The first-order chi connectivity index (χ1) is 12.9. The van der Waals surface area contributed by atoms with Crippen LogP contribution in [-0.2, 0) is 20.8 Å². The van der Waals surface area contributed by atoms with Crippen LogP contribution < -0.4 is 15.4 Å². The van der Waals surface area contributed by atoms with Crippen molar-refractivity contribution in [2.45, 2.75) is 26.7 Å². The summed E-state index contributed by atoms with van der Waals surface area (Å²) in [6, 6.07) is 13.1. The Morgan fingerprint density at radius 1 is 1.11 bits per heavy atom. The average molecular weight is 366 g/mol. The molecule has 0 aromatic heterocycles. The molecule has 3 amide bonds. The van der Waals surface area contributed by atoms with E-state index in [1.165, 1.54) is 0 Å². The lowest BCUT2D eigenvalue weighted by Crippen LogP contribution is -2.23. The van der Waals surface area contributed by atoms with Gasteiger partial charge in [0, 0.05) is 12.1 Å². The Morgan fingerprint density at radius 3 is 2.37 bits per heavy atom. The maximum absolute atomic E-state index is 12.1. The Labute approximate surface area is 157 Å². The van der Waals surface area contributed by atoms with Crippen LogP contribution in [0.2, 0.25) is 0 Å². The fourth-order valence-electron chi connectivity index (χ4n) is 3.14. The van der Waals surface area contributed by atoms with Gasteiger partial charge >= 0.3 is 0 Å². The van der Waals surface area contributed by atoms with Crippen LogP contribution in [0.15, 0.2) is 42.5 Å². The zero-order valence-electron chi connectivity index (χ0n) is 15.4. The number of hydrogen-bond donors (Lipinski definition) is 2. The zero-order chi connectivity index (χ0) is 19.4. The van der Waals surface area contributed by atoms with Crippen LogP contribution in [0.1, 0.15) is 23.1 Å². The summed E-state index contributed by atoms with van der Waals surface area (Å²) in [5, 5.41) is 5.10. The molecule has 2 N–H and O–H groups in total. The van der Waals surface area contributed by atoms with E-state index in [2.05, 4.69) is 10.6 Å². The first-order valence-electron chi connectivity index (χ1n) is 8.84. The molecule has 1 aliphatic heterocycles. The highest BCUT2D eigenvalue weighted by Gasteiger charge is 2.30. The summed E-state index contributed by atoms with van der Waals surface area (Å²) < 4.78 is 5.65. The van der Waals surface area contributed by atoms with Gasteiger partial charge in [-0.15, -0.1) is 0 Å². The van der Waals surface area contributed by atoms with Crippen LogP contribution in [0.4, 0.5) is 5.69 Å². The van der Waals surface area contributed by atoms with Crippen LogP contribution in [-0.4, -0.2) is 24.3 Å². The molecule has 2 aromatic rings. The van der Waals surface area contributed by atoms with Gasteiger partial charge in [0.25, 0.3) is 5.91 Å². The van der Waals surface area contributed by atoms with Crippen LogP contribution in [0.3, 0.4) is 0 Å². The molecular formula is C21H22N2O4. The molecule has 1 unspecified atom stereocenters. The van der Waals surface area contributed by atoms with Crippen molar-refractivity contribution >= 4 is 23.4 Å². The maximum Gasteiger partial charge on any atom is 0.262 e. The van der Waals surface area contributed by atoms with E-state index in [0.717, 1.165) is 22.4 Å². The van der Waals surface area contributed by atoms with Crippen molar-refractivity contribution in [3.8, 4) is 5.75 Å². The average Bonchev–Trinajstić information content (AvgIpc) is 2.93. The van der Waals surface area contributed by atoms with E-state index in [-0.39, 0.29) is 36.7 Å². The van der Waals surface area contributed by atoms with Crippen molar-refractivity contribution in [1.82, 2.24) is 5.32 Å². The molecule has 6 nitrogen and oxygen atoms in total. The highest BCUT2D eigenvalue weighted by atomic mass is 16.5. The van der Waals surface area contributed by atoms with Gasteiger partial charge in [0.05, 0.1) is 5.92 Å². The third-order valence-corrected chi connectivity index (χ3v) is 4.54. The lowest BCUT2D eigenvalue weighted by atomic mass is 9.98. The molecule has 27 heavy (non-hydrogen) atoms. The number of anilines is 1. The van der Waals surface area contributed by atoms with E-state index in [9.17, 15) is 14.4 Å². The minimum atomic E-state index is -0.316. The third kappa shape index (κ3) is 4.73. The van der Waals surface area contributed by atoms with Gasteiger partial charge in [-0.3, -0.25) is 19.7 Å². The van der Waals surface area contributed by atoms with Gasteiger partial charge in [-0.05, 0) is 49.1 Å². The Balaban J connectivity index is 1.52. The maximum atomic E-state index is 12.1.